The second-order valence-corrected chi connectivity index (χ2v) is 7.99. The van der Waals surface area contributed by atoms with Gasteiger partial charge in [-0.3, -0.25) is 4.79 Å². The summed E-state index contributed by atoms with van der Waals surface area (Å²) in [6.07, 6.45) is -0.000220. The molecule has 0 N–H and O–H groups in total. The van der Waals surface area contributed by atoms with Gasteiger partial charge in [-0.2, -0.15) is 0 Å². The molecule has 0 bridgehead atoms. The molecular formula is C25H21ClFNO3. The fourth-order valence-electron chi connectivity index (χ4n) is 3.87. The lowest BCUT2D eigenvalue weighted by molar-refractivity contribution is -0.129. The predicted molar refractivity (Wildman–Crippen MR) is 116 cm³/mol. The van der Waals surface area contributed by atoms with Gasteiger partial charge in [0.1, 0.15) is 18.5 Å². The molecule has 4 rings (SSSR count). The van der Waals surface area contributed by atoms with Crippen LogP contribution in [-0.4, -0.2) is 23.5 Å². The van der Waals surface area contributed by atoms with Crippen molar-refractivity contribution in [1.82, 2.24) is 4.90 Å². The second-order valence-electron chi connectivity index (χ2n) is 7.55. The number of benzene rings is 3. The van der Waals surface area contributed by atoms with E-state index in [1.165, 1.54) is 17.0 Å². The Balaban J connectivity index is 1.59. The van der Waals surface area contributed by atoms with Gasteiger partial charge in [0.2, 0.25) is 5.91 Å². The van der Waals surface area contributed by atoms with Gasteiger partial charge in [0.25, 0.3) is 0 Å². The summed E-state index contributed by atoms with van der Waals surface area (Å²) in [6, 6.07) is 22.4. The van der Waals surface area contributed by atoms with Crippen LogP contribution in [0.3, 0.4) is 0 Å². The maximum Gasteiger partial charge on any atom is 0.417 e. The van der Waals surface area contributed by atoms with E-state index in [1.54, 1.807) is 24.3 Å². The zero-order valence-corrected chi connectivity index (χ0v) is 17.5. The Morgan fingerprint density at radius 3 is 2.39 bits per heavy atom. The lowest BCUT2D eigenvalue weighted by atomic mass is 9.88. The van der Waals surface area contributed by atoms with E-state index >= 15 is 0 Å². The Bertz CT molecular complexity index is 1050. The minimum absolute atomic E-state index is 0.109. The van der Waals surface area contributed by atoms with Gasteiger partial charge >= 0.3 is 6.09 Å². The Hall–Kier alpha value is -3.18. The molecule has 2 amide bonds. The average molecular weight is 438 g/mol. The van der Waals surface area contributed by atoms with Crippen molar-refractivity contribution in [2.45, 2.75) is 24.8 Å². The summed E-state index contributed by atoms with van der Waals surface area (Å²) in [4.78, 5) is 26.9. The van der Waals surface area contributed by atoms with Gasteiger partial charge in [-0.15, -0.1) is 0 Å². The molecule has 4 nitrogen and oxygen atoms in total. The molecule has 0 radical (unpaired) electrons. The molecule has 0 aromatic heterocycles. The van der Waals surface area contributed by atoms with Crippen molar-refractivity contribution in [1.29, 1.82) is 0 Å². The fourth-order valence-corrected chi connectivity index (χ4v) is 4.00. The highest BCUT2D eigenvalue weighted by Gasteiger charge is 2.39. The van der Waals surface area contributed by atoms with Gasteiger partial charge < -0.3 is 4.74 Å². The van der Waals surface area contributed by atoms with Gasteiger partial charge in [-0.1, -0.05) is 66.2 Å². The summed E-state index contributed by atoms with van der Waals surface area (Å²) in [6.45, 7) is 0.137. The van der Waals surface area contributed by atoms with Crippen molar-refractivity contribution in [3.63, 3.8) is 0 Å². The molecule has 0 saturated carbocycles. The van der Waals surface area contributed by atoms with Crippen molar-refractivity contribution >= 4 is 23.6 Å². The number of ether oxygens (including phenoxy) is 1. The van der Waals surface area contributed by atoms with Crippen LogP contribution in [-0.2, 0) is 16.0 Å². The molecule has 2 unspecified atom stereocenters. The third-order valence-corrected chi connectivity index (χ3v) is 5.74. The summed E-state index contributed by atoms with van der Waals surface area (Å²) >= 11 is 6.03. The van der Waals surface area contributed by atoms with Crippen LogP contribution in [0.25, 0.3) is 0 Å². The van der Waals surface area contributed by atoms with E-state index < -0.39 is 12.1 Å². The van der Waals surface area contributed by atoms with E-state index in [4.69, 9.17) is 16.3 Å². The number of carbonyl (C=O) groups is 2. The summed E-state index contributed by atoms with van der Waals surface area (Å²) < 4.78 is 18.5. The highest BCUT2D eigenvalue weighted by molar-refractivity contribution is 6.30. The zero-order chi connectivity index (χ0) is 21.8. The molecule has 1 aliphatic rings. The first kappa shape index (κ1) is 21.1. The lowest BCUT2D eigenvalue weighted by Crippen LogP contribution is -2.35. The van der Waals surface area contributed by atoms with Crippen molar-refractivity contribution < 1.29 is 18.7 Å². The smallest absolute Gasteiger partial charge is 0.417 e. The monoisotopic (exact) mass is 437 g/mol. The third-order valence-electron chi connectivity index (χ3n) is 5.48. The summed E-state index contributed by atoms with van der Waals surface area (Å²) in [7, 11) is 0. The number of hydrogen-bond donors (Lipinski definition) is 0. The standard InChI is InChI=1S/C25H21ClFNO3/c26-21-10-8-18(9-11-21)20(14-17-6-12-22(27)13-7-17)15-24(29)28-23(16-31-25(28)30)19-4-2-1-3-5-19/h1-13,20,23H,14-16H2. The molecule has 0 spiro atoms. The fraction of sp³-hybridized carbons (Fsp3) is 0.200. The minimum Gasteiger partial charge on any atom is -0.446 e. The molecular weight excluding hydrogens is 417 g/mol. The predicted octanol–water partition coefficient (Wildman–Crippen LogP) is 5.92. The van der Waals surface area contributed by atoms with Crippen LogP contribution < -0.4 is 0 Å². The number of halogens is 2. The topological polar surface area (TPSA) is 46.6 Å². The first-order valence-corrected chi connectivity index (χ1v) is 10.4. The maximum atomic E-state index is 13.3. The molecule has 0 aliphatic carbocycles. The van der Waals surface area contributed by atoms with Crippen molar-refractivity contribution in [2.24, 2.45) is 0 Å². The first-order chi connectivity index (χ1) is 15.0. The van der Waals surface area contributed by atoms with E-state index in [2.05, 4.69) is 0 Å². The third kappa shape index (κ3) is 4.94. The normalized spacial score (nSPS) is 16.8. The van der Waals surface area contributed by atoms with Gasteiger partial charge in [0.05, 0.1) is 0 Å². The average Bonchev–Trinajstić information content (AvgIpc) is 3.17. The van der Waals surface area contributed by atoms with Gasteiger partial charge in [0.15, 0.2) is 0 Å². The van der Waals surface area contributed by atoms with E-state index in [0.29, 0.717) is 11.4 Å². The number of rotatable bonds is 6. The van der Waals surface area contributed by atoms with Crippen LogP contribution in [0.2, 0.25) is 5.02 Å². The van der Waals surface area contributed by atoms with Crippen LogP contribution in [0, 0.1) is 5.82 Å². The largest absolute Gasteiger partial charge is 0.446 e. The number of cyclic esters (lactones) is 1. The minimum atomic E-state index is -0.629. The summed E-state index contributed by atoms with van der Waals surface area (Å²) in [5.41, 5.74) is 2.67. The van der Waals surface area contributed by atoms with Gasteiger partial charge in [-0.25, -0.2) is 14.1 Å². The highest BCUT2D eigenvalue weighted by Crippen LogP contribution is 2.32. The lowest BCUT2D eigenvalue weighted by Gasteiger charge is -2.23. The molecule has 31 heavy (non-hydrogen) atoms. The van der Waals surface area contributed by atoms with Crippen LogP contribution in [0.1, 0.15) is 35.1 Å². The van der Waals surface area contributed by atoms with E-state index in [1.807, 2.05) is 42.5 Å². The summed E-state index contributed by atoms with van der Waals surface area (Å²) in [5.74, 6) is -0.827. The summed E-state index contributed by atoms with van der Waals surface area (Å²) in [5, 5.41) is 0.600. The first-order valence-electron chi connectivity index (χ1n) is 10.0. The Labute approximate surface area is 185 Å². The quantitative estimate of drug-likeness (QED) is 0.481. The maximum absolute atomic E-state index is 13.3. The Kier molecular flexibility index (Phi) is 6.33. The molecule has 1 aliphatic heterocycles. The molecule has 1 saturated heterocycles. The second kappa shape index (κ2) is 9.31. The SMILES string of the molecule is O=C(CC(Cc1ccc(F)cc1)c1ccc(Cl)cc1)N1C(=O)OCC1c1ccccc1. The molecule has 158 valence electrons. The highest BCUT2D eigenvalue weighted by atomic mass is 35.5. The molecule has 3 aromatic carbocycles. The molecule has 6 heteroatoms. The van der Waals surface area contributed by atoms with Crippen LogP contribution in [0.15, 0.2) is 78.9 Å². The van der Waals surface area contributed by atoms with E-state index in [0.717, 1.165) is 16.7 Å². The van der Waals surface area contributed by atoms with Crippen molar-refractivity contribution in [2.75, 3.05) is 6.61 Å². The molecule has 2 atom stereocenters. The van der Waals surface area contributed by atoms with E-state index in [-0.39, 0.29) is 30.7 Å². The van der Waals surface area contributed by atoms with Gasteiger partial charge in [-0.05, 0) is 53.3 Å². The number of amides is 2. The van der Waals surface area contributed by atoms with Crippen LogP contribution >= 0.6 is 11.6 Å². The Morgan fingerprint density at radius 2 is 1.71 bits per heavy atom. The van der Waals surface area contributed by atoms with Crippen molar-refractivity contribution in [3.8, 4) is 0 Å². The van der Waals surface area contributed by atoms with Crippen molar-refractivity contribution in [3.05, 3.63) is 106 Å². The number of carbonyl (C=O) groups excluding carboxylic acids is 2. The zero-order valence-electron chi connectivity index (χ0n) is 16.7. The Morgan fingerprint density at radius 1 is 1.03 bits per heavy atom. The number of nitrogens with zero attached hydrogens (tertiary/aromatic N) is 1. The molecule has 1 heterocycles. The van der Waals surface area contributed by atoms with E-state index in [9.17, 15) is 14.0 Å². The number of hydrogen-bond acceptors (Lipinski definition) is 3. The molecule has 3 aromatic rings. The van der Waals surface area contributed by atoms with Gasteiger partial charge in [0, 0.05) is 11.4 Å². The van der Waals surface area contributed by atoms with Crippen LogP contribution in [0.5, 0.6) is 0 Å². The molecule has 1 fully saturated rings. The van der Waals surface area contributed by atoms with Crippen LogP contribution in [0.4, 0.5) is 9.18 Å². The number of imide groups is 1.